The average Bonchev–Trinajstić information content (AvgIpc) is 3.04. The summed E-state index contributed by atoms with van der Waals surface area (Å²) in [6, 6.07) is 13.4. The zero-order valence-corrected chi connectivity index (χ0v) is 15.8. The number of hydrogen-bond acceptors (Lipinski definition) is 3. The standard InChI is InChI=1S/C21H17BrN2O2/c1-3-12-4-6-13(7-5-12)19-20-16(11-18(24-19)21(25)26-2)15-10-14(22)8-9-17(15)23-20/h1,4-10,18-19,23-24H,11H2,2H3. The van der Waals surface area contributed by atoms with E-state index >= 15 is 0 Å². The predicted octanol–water partition coefficient (Wildman–Crippen LogP) is 3.69. The maximum atomic E-state index is 12.2. The second kappa shape index (κ2) is 6.64. The third-order valence-electron chi connectivity index (χ3n) is 4.86. The van der Waals surface area contributed by atoms with Crippen molar-refractivity contribution in [3.8, 4) is 12.3 Å². The molecule has 0 fully saturated rings. The van der Waals surface area contributed by atoms with Gasteiger partial charge in [0.05, 0.1) is 13.2 Å². The molecule has 2 N–H and O–H groups in total. The molecule has 0 bridgehead atoms. The Balaban J connectivity index is 1.87. The molecule has 4 rings (SSSR count). The molecular weight excluding hydrogens is 392 g/mol. The fourth-order valence-corrected chi connectivity index (χ4v) is 3.94. The Morgan fingerprint density at radius 2 is 2.04 bits per heavy atom. The number of fused-ring (bicyclic) bond motifs is 3. The van der Waals surface area contributed by atoms with Crippen LogP contribution in [0.15, 0.2) is 46.9 Å². The highest BCUT2D eigenvalue weighted by Gasteiger charge is 2.34. The van der Waals surface area contributed by atoms with E-state index in [1.807, 2.05) is 36.4 Å². The molecule has 2 unspecified atom stereocenters. The number of carbonyl (C=O) groups is 1. The smallest absolute Gasteiger partial charge is 0.323 e. The van der Waals surface area contributed by atoms with Gasteiger partial charge >= 0.3 is 5.97 Å². The number of methoxy groups -OCH3 is 1. The Bertz CT molecular complexity index is 1030. The maximum Gasteiger partial charge on any atom is 0.323 e. The summed E-state index contributed by atoms with van der Waals surface area (Å²) in [5.41, 5.74) is 5.14. The largest absolute Gasteiger partial charge is 0.468 e. The van der Waals surface area contributed by atoms with Crippen LogP contribution >= 0.6 is 15.9 Å². The number of rotatable bonds is 2. The summed E-state index contributed by atoms with van der Waals surface area (Å²) in [5.74, 6) is 2.37. The van der Waals surface area contributed by atoms with Crippen molar-refractivity contribution >= 4 is 32.8 Å². The van der Waals surface area contributed by atoms with E-state index in [0.717, 1.165) is 37.8 Å². The van der Waals surface area contributed by atoms with Crippen molar-refractivity contribution in [2.24, 2.45) is 0 Å². The van der Waals surface area contributed by atoms with Crippen molar-refractivity contribution in [3.63, 3.8) is 0 Å². The Morgan fingerprint density at radius 1 is 1.27 bits per heavy atom. The number of halogens is 1. The summed E-state index contributed by atoms with van der Waals surface area (Å²) >= 11 is 3.54. The number of hydrogen-bond donors (Lipinski definition) is 2. The van der Waals surface area contributed by atoms with Gasteiger partial charge in [0.1, 0.15) is 6.04 Å². The van der Waals surface area contributed by atoms with Gasteiger partial charge in [0.15, 0.2) is 0 Å². The molecule has 0 aliphatic carbocycles. The molecule has 0 saturated heterocycles. The molecule has 2 atom stereocenters. The highest BCUT2D eigenvalue weighted by molar-refractivity contribution is 9.10. The van der Waals surface area contributed by atoms with E-state index in [9.17, 15) is 4.79 Å². The minimum atomic E-state index is -0.400. The van der Waals surface area contributed by atoms with Gasteiger partial charge in [-0.1, -0.05) is 34.0 Å². The number of H-pyrrole nitrogens is 1. The summed E-state index contributed by atoms with van der Waals surface area (Å²) in [7, 11) is 1.42. The molecule has 0 spiro atoms. The molecule has 4 nitrogen and oxygen atoms in total. The molecule has 2 aromatic carbocycles. The lowest BCUT2D eigenvalue weighted by molar-refractivity contribution is -0.143. The second-order valence-corrected chi connectivity index (χ2v) is 7.27. The van der Waals surface area contributed by atoms with Crippen LogP contribution in [0.4, 0.5) is 0 Å². The predicted molar refractivity (Wildman–Crippen MR) is 105 cm³/mol. The molecule has 2 heterocycles. The van der Waals surface area contributed by atoms with Gasteiger partial charge in [0.2, 0.25) is 0 Å². The number of esters is 1. The van der Waals surface area contributed by atoms with Crippen LogP contribution in [0.1, 0.15) is 28.4 Å². The van der Waals surface area contributed by atoms with Gasteiger partial charge in [-0.2, -0.15) is 0 Å². The van der Waals surface area contributed by atoms with Gasteiger partial charge in [-0.25, -0.2) is 0 Å². The monoisotopic (exact) mass is 408 g/mol. The van der Waals surface area contributed by atoms with E-state index < -0.39 is 6.04 Å². The Hall–Kier alpha value is -2.55. The van der Waals surface area contributed by atoms with Crippen molar-refractivity contribution in [1.82, 2.24) is 10.3 Å². The van der Waals surface area contributed by atoms with Gasteiger partial charge in [-0.15, -0.1) is 6.42 Å². The van der Waals surface area contributed by atoms with Gasteiger partial charge in [0, 0.05) is 33.1 Å². The van der Waals surface area contributed by atoms with Crippen LogP contribution in [-0.2, 0) is 16.0 Å². The summed E-state index contributed by atoms with van der Waals surface area (Å²) in [6.45, 7) is 0. The van der Waals surface area contributed by atoms with E-state index in [-0.39, 0.29) is 12.0 Å². The number of aromatic nitrogens is 1. The maximum absolute atomic E-state index is 12.2. The van der Waals surface area contributed by atoms with Crippen molar-refractivity contribution in [2.45, 2.75) is 18.5 Å². The Morgan fingerprint density at radius 3 is 2.73 bits per heavy atom. The first kappa shape index (κ1) is 16.9. The zero-order chi connectivity index (χ0) is 18.3. The van der Waals surface area contributed by atoms with Crippen LogP contribution in [0.2, 0.25) is 0 Å². The fourth-order valence-electron chi connectivity index (χ4n) is 3.58. The summed E-state index contributed by atoms with van der Waals surface area (Å²) in [5, 5.41) is 4.54. The third-order valence-corrected chi connectivity index (χ3v) is 5.36. The second-order valence-electron chi connectivity index (χ2n) is 6.35. The van der Waals surface area contributed by atoms with Crippen LogP contribution < -0.4 is 5.32 Å². The van der Waals surface area contributed by atoms with Crippen LogP contribution in [0.5, 0.6) is 0 Å². The van der Waals surface area contributed by atoms with Crippen molar-refractivity contribution in [2.75, 3.05) is 7.11 Å². The van der Waals surface area contributed by atoms with Gasteiger partial charge in [-0.05, 0) is 41.5 Å². The lowest BCUT2D eigenvalue weighted by atomic mass is 9.90. The topological polar surface area (TPSA) is 54.1 Å². The molecule has 1 aliphatic heterocycles. The highest BCUT2D eigenvalue weighted by atomic mass is 79.9. The number of benzene rings is 2. The normalized spacial score (nSPS) is 19.0. The molecule has 3 aromatic rings. The Kier molecular flexibility index (Phi) is 4.31. The molecule has 0 radical (unpaired) electrons. The van der Waals surface area contributed by atoms with Crippen LogP contribution in [0.25, 0.3) is 10.9 Å². The summed E-state index contributed by atoms with van der Waals surface area (Å²) < 4.78 is 6.00. The average molecular weight is 409 g/mol. The fraction of sp³-hybridized carbons (Fsp3) is 0.190. The number of ether oxygens (including phenoxy) is 1. The molecule has 5 heteroatoms. The first-order valence-corrected chi connectivity index (χ1v) is 9.10. The lowest BCUT2D eigenvalue weighted by Gasteiger charge is -2.30. The SMILES string of the molecule is C#Cc1ccc(C2NC(C(=O)OC)Cc3c2[nH]c2ccc(Br)cc32)cc1. The van der Waals surface area contributed by atoms with Gasteiger partial charge in [0.25, 0.3) is 0 Å². The van der Waals surface area contributed by atoms with Crippen LogP contribution in [0.3, 0.4) is 0 Å². The molecule has 130 valence electrons. The number of nitrogens with one attached hydrogen (secondary N) is 2. The minimum Gasteiger partial charge on any atom is -0.468 e. The Labute approximate surface area is 160 Å². The highest BCUT2D eigenvalue weighted by Crippen LogP contribution is 2.36. The first-order valence-electron chi connectivity index (χ1n) is 8.31. The van der Waals surface area contributed by atoms with E-state index in [1.165, 1.54) is 7.11 Å². The summed E-state index contributed by atoms with van der Waals surface area (Å²) in [4.78, 5) is 15.8. The molecule has 26 heavy (non-hydrogen) atoms. The van der Waals surface area contributed by atoms with E-state index in [0.29, 0.717) is 6.42 Å². The van der Waals surface area contributed by atoms with E-state index in [2.05, 4.69) is 38.2 Å². The van der Waals surface area contributed by atoms with Crippen LogP contribution in [-0.4, -0.2) is 24.1 Å². The quantitative estimate of drug-likeness (QED) is 0.502. The van der Waals surface area contributed by atoms with Gasteiger partial charge < -0.3 is 9.72 Å². The van der Waals surface area contributed by atoms with E-state index in [1.54, 1.807) is 0 Å². The lowest BCUT2D eigenvalue weighted by Crippen LogP contribution is -2.45. The van der Waals surface area contributed by atoms with E-state index in [4.69, 9.17) is 11.2 Å². The van der Waals surface area contributed by atoms with Crippen LogP contribution in [0, 0.1) is 12.3 Å². The number of carbonyl (C=O) groups excluding carboxylic acids is 1. The number of terminal acetylenes is 1. The zero-order valence-electron chi connectivity index (χ0n) is 14.2. The molecule has 1 aliphatic rings. The van der Waals surface area contributed by atoms with Crippen molar-refractivity contribution in [3.05, 3.63) is 69.3 Å². The minimum absolute atomic E-state index is 0.138. The molecule has 0 saturated carbocycles. The molecule has 1 aromatic heterocycles. The first-order chi connectivity index (χ1) is 12.6. The molecular formula is C21H17BrN2O2. The van der Waals surface area contributed by atoms with Gasteiger partial charge in [-0.3, -0.25) is 10.1 Å². The third kappa shape index (κ3) is 2.82. The number of aromatic amines is 1. The van der Waals surface area contributed by atoms with Crippen molar-refractivity contribution in [1.29, 1.82) is 0 Å². The van der Waals surface area contributed by atoms with Crippen molar-refractivity contribution < 1.29 is 9.53 Å². The summed E-state index contributed by atoms with van der Waals surface area (Å²) in [6.07, 6.45) is 6.04. The molecule has 0 amide bonds.